The van der Waals surface area contributed by atoms with Crippen molar-refractivity contribution in [1.82, 2.24) is 10.6 Å². The molecule has 0 aliphatic heterocycles. The molecule has 0 atom stereocenters. The zero-order valence-electron chi connectivity index (χ0n) is 15.1. The lowest BCUT2D eigenvalue weighted by atomic mass is 9.76. The summed E-state index contributed by atoms with van der Waals surface area (Å²) >= 11 is 5.81. The molecule has 3 rings (SSSR count). The summed E-state index contributed by atoms with van der Waals surface area (Å²) in [6.07, 6.45) is 7.30. The summed E-state index contributed by atoms with van der Waals surface area (Å²) in [5.41, 5.74) is 0.618. The molecule has 138 valence electrons. The number of halogens is 2. The summed E-state index contributed by atoms with van der Waals surface area (Å²) in [6.45, 7) is 5.76. The zero-order valence-corrected chi connectivity index (χ0v) is 15.8. The first kappa shape index (κ1) is 18.7. The molecule has 2 saturated carbocycles. The molecule has 3 nitrogen and oxygen atoms in total. The van der Waals surface area contributed by atoms with E-state index in [9.17, 15) is 9.18 Å². The van der Waals surface area contributed by atoms with E-state index in [1.807, 2.05) is 0 Å². The van der Waals surface area contributed by atoms with Gasteiger partial charge in [-0.05, 0) is 55.2 Å². The van der Waals surface area contributed by atoms with Crippen LogP contribution < -0.4 is 10.6 Å². The fourth-order valence-electron chi connectivity index (χ4n) is 4.12. The van der Waals surface area contributed by atoms with Crippen LogP contribution in [0.2, 0.25) is 5.02 Å². The van der Waals surface area contributed by atoms with Gasteiger partial charge in [0.15, 0.2) is 0 Å². The Morgan fingerprint density at radius 2 is 1.88 bits per heavy atom. The van der Waals surface area contributed by atoms with Crippen molar-refractivity contribution in [2.24, 2.45) is 11.3 Å². The normalized spacial score (nSPS) is 24.2. The van der Waals surface area contributed by atoms with Gasteiger partial charge in [0.05, 0.1) is 0 Å². The van der Waals surface area contributed by atoms with Crippen molar-refractivity contribution in [1.29, 1.82) is 0 Å². The second kappa shape index (κ2) is 7.63. The number of rotatable bonds is 6. The smallest absolute Gasteiger partial charge is 0.251 e. The molecule has 5 heteroatoms. The number of benzene rings is 1. The molecule has 0 saturated heterocycles. The predicted octanol–water partition coefficient (Wildman–Crippen LogP) is 4.55. The van der Waals surface area contributed by atoms with Crippen molar-refractivity contribution in [2.75, 3.05) is 6.54 Å². The van der Waals surface area contributed by atoms with E-state index in [-0.39, 0.29) is 22.5 Å². The first-order chi connectivity index (χ1) is 11.8. The van der Waals surface area contributed by atoms with E-state index in [1.165, 1.54) is 43.9 Å². The third-order valence-corrected chi connectivity index (χ3v) is 6.12. The van der Waals surface area contributed by atoms with Gasteiger partial charge in [-0.25, -0.2) is 4.39 Å². The van der Waals surface area contributed by atoms with Crippen LogP contribution in [-0.2, 0) is 0 Å². The Bertz CT molecular complexity index is 602. The Hall–Kier alpha value is -1.13. The average molecular weight is 367 g/mol. The molecule has 25 heavy (non-hydrogen) atoms. The minimum Gasteiger partial charge on any atom is -0.349 e. The van der Waals surface area contributed by atoms with Crippen LogP contribution in [0.3, 0.4) is 0 Å². The maximum Gasteiger partial charge on any atom is 0.251 e. The minimum atomic E-state index is -0.486. The SMILES string of the molecule is CC(C)(CNC1CC(NC(=O)c2cc(F)cc(Cl)c2)C1)C1CCCC1. The molecule has 0 radical (unpaired) electrons. The Morgan fingerprint density at radius 1 is 1.20 bits per heavy atom. The van der Waals surface area contributed by atoms with E-state index < -0.39 is 5.82 Å². The average Bonchev–Trinajstić information content (AvgIpc) is 3.03. The van der Waals surface area contributed by atoms with Crippen LogP contribution in [0.25, 0.3) is 0 Å². The number of carbonyl (C=O) groups excluding carboxylic acids is 1. The van der Waals surface area contributed by atoms with Crippen molar-refractivity contribution >= 4 is 17.5 Å². The first-order valence-corrected chi connectivity index (χ1v) is 9.71. The van der Waals surface area contributed by atoms with Crippen LogP contribution in [0, 0.1) is 17.2 Å². The monoisotopic (exact) mass is 366 g/mol. The quantitative estimate of drug-likeness (QED) is 0.775. The van der Waals surface area contributed by atoms with Gasteiger partial charge in [0.25, 0.3) is 5.91 Å². The first-order valence-electron chi connectivity index (χ1n) is 9.34. The van der Waals surface area contributed by atoms with E-state index in [2.05, 4.69) is 24.5 Å². The van der Waals surface area contributed by atoms with E-state index in [0.29, 0.717) is 11.5 Å². The molecule has 1 aromatic rings. The molecule has 1 amide bonds. The fraction of sp³-hybridized carbons (Fsp3) is 0.650. The summed E-state index contributed by atoms with van der Waals surface area (Å²) in [5, 5.41) is 6.87. The Balaban J connectivity index is 1.41. The molecular weight excluding hydrogens is 339 g/mol. The van der Waals surface area contributed by atoms with Crippen molar-refractivity contribution in [3.05, 3.63) is 34.6 Å². The highest BCUT2D eigenvalue weighted by molar-refractivity contribution is 6.31. The van der Waals surface area contributed by atoms with Gasteiger partial charge >= 0.3 is 0 Å². The summed E-state index contributed by atoms with van der Waals surface area (Å²) in [5.74, 6) is 0.0874. The minimum absolute atomic E-state index is 0.154. The summed E-state index contributed by atoms with van der Waals surface area (Å²) in [4.78, 5) is 12.2. The van der Waals surface area contributed by atoms with Crippen molar-refractivity contribution in [3.63, 3.8) is 0 Å². The maximum atomic E-state index is 13.3. The maximum absolute atomic E-state index is 13.3. The molecule has 0 aromatic heterocycles. The molecule has 0 heterocycles. The Morgan fingerprint density at radius 3 is 2.52 bits per heavy atom. The van der Waals surface area contributed by atoms with Crippen molar-refractivity contribution < 1.29 is 9.18 Å². The number of hydrogen-bond donors (Lipinski definition) is 2. The van der Waals surface area contributed by atoms with Gasteiger partial charge in [0, 0.05) is 29.2 Å². The van der Waals surface area contributed by atoms with E-state index in [4.69, 9.17) is 11.6 Å². The third-order valence-electron chi connectivity index (χ3n) is 5.90. The second-order valence-electron chi connectivity index (χ2n) is 8.35. The molecule has 0 unspecified atom stereocenters. The lowest BCUT2D eigenvalue weighted by molar-refractivity contribution is 0.0894. The number of nitrogens with one attached hydrogen (secondary N) is 2. The highest BCUT2D eigenvalue weighted by Gasteiger charge is 2.35. The zero-order chi connectivity index (χ0) is 18.0. The number of carbonyl (C=O) groups is 1. The van der Waals surface area contributed by atoms with E-state index >= 15 is 0 Å². The van der Waals surface area contributed by atoms with E-state index in [1.54, 1.807) is 0 Å². The number of hydrogen-bond acceptors (Lipinski definition) is 2. The highest BCUT2D eigenvalue weighted by Crippen LogP contribution is 2.39. The molecule has 0 spiro atoms. The lowest BCUT2D eigenvalue weighted by Gasteiger charge is -2.40. The van der Waals surface area contributed by atoms with Crippen LogP contribution in [0.5, 0.6) is 0 Å². The number of amides is 1. The molecule has 0 bridgehead atoms. The van der Waals surface area contributed by atoms with Crippen LogP contribution in [0.15, 0.2) is 18.2 Å². The van der Waals surface area contributed by atoms with Crippen molar-refractivity contribution in [3.8, 4) is 0 Å². The fourth-order valence-corrected chi connectivity index (χ4v) is 4.34. The van der Waals surface area contributed by atoms with Crippen LogP contribution in [0.1, 0.15) is 62.7 Å². The van der Waals surface area contributed by atoms with Gasteiger partial charge in [0.1, 0.15) is 5.82 Å². The second-order valence-corrected chi connectivity index (χ2v) is 8.78. The Kier molecular flexibility index (Phi) is 5.69. The third kappa shape index (κ3) is 4.73. The summed E-state index contributed by atoms with van der Waals surface area (Å²) in [7, 11) is 0. The summed E-state index contributed by atoms with van der Waals surface area (Å²) in [6, 6.07) is 4.54. The van der Waals surface area contributed by atoms with Gasteiger partial charge in [-0.1, -0.05) is 38.3 Å². The van der Waals surface area contributed by atoms with E-state index in [0.717, 1.165) is 25.3 Å². The topological polar surface area (TPSA) is 41.1 Å². The molecule has 1 aromatic carbocycles. The molecular formula is C20H28ClFN2O. The molecule has 2 fully saturated rings. The van der Waals surface area contributed by atoms with Gasteiger partial charge in [-0.15, -0.1) is 0 Å². The van der Waals surface area contributed by atoms with Gasteiger partial charge in [-0.3, -0.25) is 4.79 Å². The largest absolute Gasteiger partial charge is 0.349 e. The predicted molar refractivity (Wildman–Crippen MR) is 99.4 cm³/mol. The Labute approximate surface area is 154 Å². The summed E-state index contributed by atoms with van der Waals surface area (Å²) < 4.78 is 13.3. The molecule has 2 aliphatic rings. The van der Waals surface area contributed by atoms with Crippen LogP contribution in [-0.4, -0.2) is 24.5 Å². The van der Waals surface area contributed by atoms with Gasteiger partial charge in [0.2, 0.25) is 0 Å². The van der Waals surface area contributed by atoms with Crippen molar-refractivity contribution in [2.45, 2.75) is 64.5 Å². The lowest BCUT2D eigenvalue weighted by Crippen LogP contribution is -2.54. The standard InChI is InChI=1S/C20H28ClFN2O/c1-20(2,14-5-3-4-6-14)12-23-17-10-18(11-17)24-19(25)13-7-15(21)9-16(22)8-13/h7-9,14,17-18,23H,3-6,10-12H2,1-2H3,(H,24,25). The molecule has 2 N–H and O–H groups in total. The highest BCUT2D eigenvalue weighted by atomic mass is 35.5. The van der Waals surface area contributed by atoms with Gasteiger partial charge in [-0.2, -0.15) is 0 Å². The van der Waals surface area contributed by atoms with Crippen LogP contribution in [0.4, 0.5) is 4.39 Å². The van der Waals surface area contributed by atoms with Gasteiger partial charge < -0.3 is 10.6 Å². The molecule has 2 aliphatic carbocycles. The van der Waals surface area contributed by atoms with Crippen LogP contribution >= 0.6 is 11.6 Å².